The van der Waals surface area contributed by atoms with Gasteiger partial charge in [0.2, 0.25) is 0 Å². The van der Waals surface area contributed by atoms with E-state index in [-0.39, 0.29) is 39.9 Å². The van der Waals surface area contributed by atoms with Crippen LogP contribution in [-0.2, 0) is 9.53 Å². The van der Waals surface area contributed by atoms with Crippen LogP contribution in [0.5, 0.6) is 0 Å². The van der Waals surface area contributed by atoms with Crippen LogP contribution in [0.15, 0.2) is 42.7 Å². The normalized spacial score (nSPS) is 25.1. The molecule has 1 aromatic carbocycles. The molecule has 3 aliphatic rings. The molecule has 4 heterocycles. The second-order valence-corrected chi connectivity index (χ2v) is 13.7. The number of nitrogens with one attached hydrogen (secondary N) is 1. The first-order chi connectivity index (χ1) is 22.5. The summed E-state index contributed by atoms with van der Waals surface area (Å²) in [5, 5.41) is 12.7. The molecule has 1 saturated heterocycles. The van der Waals surface area contributed by atoms with Gasteiger partial charge >= 0.3 is 5.97 Å². The highest BCUT2D eigenvalue weighted by molar-refractivity contribution is 6.30. The number of nitrogens with zero attached hydrogens (tertiary/aromatic N) is 5. The lowest BCUT2D eigenvalue weighted by atomic mass is 9.73. The number of fused-ring (bicyclic) bond motifs is 1. The molecule has 3 aromatic heterocycles. The monoisotopic (exact) mass is 661 g/mol. The predicted molar refractivity (Wildman–Crippen MR) is 175 cm³/mol. The number of hydrogen-bond acceptors (Lipinski definition) is 8. The van der Waals surface area contributed by atoms with E-state index in [0.29, 0.717) is 49.1 Å². The number of amides is 1. The third kappa shape index (κ3) is 5.94. The van der Waals surface area contributed by atoms with Gasteiger partial charge in [-0.2, -0.15) is 0 Å². The Hall–Kier alpha value is -4.13. The van der Waals surface area contributed by atoms with Crippen molar-refractivity contribution in [1.29, 1.82) is 0 Å². The summed E-state index contributed by atoms with van der Waals surface area (Å²) in [5.74, 6) is -0.395. The minimum absolute atomic E-state index is 0.112. The van der Waals surface area contributed by atoms with E-state index >= 15 is 4.39 Å². The molecular weight excluding hydrogens is 625 g/mol. The smallest absolute Gasteiger partial charge is 0.309 e. The van der Waals surface area contributed by atoms with Crippen molar-refractivity contribution < 1.29 is 23.8 Å². The molecule has 47 heavy (non-hydrogen) atoms. The number of hydrogen-bond donors (Lipinski definition) is 3. The number of aliphatic carboxylic acids is 1. The van der Waals surface area contributed by atoms with E-state index in [0.717, 1.165) is 31.2 Å². The van der Waals surface area contributed by atoms with Gasteiger partial charge in [0.15, 0.2) is 0 Å². The van der Waals surface area contributed by atoms with Crippen molar-refractivity contribution in [3.63, 3.8) is 0 Å². The molecule has 0 spiro atoms. The van der Waals surface area contributed by atoms with Crippen LogP contribution >= 0.6 is 11.6 Å². The molecule has 2 aliphatic carbocycles. The Kier molecular flexibility index (Phi) is 8.13. The molecule has 0 unspecified atom stereocenters. The van der Waals surface area contributed by atoms with E-state index in [9.17, 15) is 14.7 Å². The molecule has 7 rings (SSSR count). The number of aromatic nitrogens is 4. The molecule has 2 atom stereocenters. The van der Waals surface area contributed by atoms with E-state index in [4.69, 9.17) is 27.1 Å². The largest absolute Gasteiger partial charge is 0.481 e. The van der Waals surface area contributed by atoms with Crippen LogP contribution in [0, 0.1) is 11.2 Å². The maximum atomic E-state index is 15.9. The number of carbonyl (C=O) groups excluding carboxylic acids is 1. The standard InChI is InChI=1S/C34H37ClFN7O4/c1-18-17-47-25(16-42(18)22-7-10-34(2,11-8-22)33(45)46)31-41-28(29-30(37)39-15-26(35)43(29)31)23-6-5-21(13-24(23)36)32(44)40-27-14-20(9-12-38-27)19-3-4-19/h5-6,9,12-15,18-19,22,25H,3-4,7-8,10-11,16-17H2,1-2H3,(H2,37,39)(H,45,46)(H,38,40,44)/t18-,22-,25+,34-/m0/s1. The first-order valence-electron chi connectivity index (χ1n) is 16.0. The van der Waals surface area contributed by atoms with Gasteiger partial charge in [-0.25, -0.2) is 19.3 Å². The van der Waals surface area contributed by atoms with E-state index < -0.39 is 29.2 Å². The lowest BCUT2D eigenvalue weighted by Gasteiger charge is -2.46. The highest BCUT2D eigenvalue weighted by Crippen LogP contribution is 2.42. The highest BCUT2D eigenvalue weighted by atomic mass is 35.5. The number of anilines is 2. The number of nitrogens with two attached hydrogens (primary N) is 1. The quantitative estimate of drug-likeness (QED) is 0.214. The molecule has 1 aliphatic heterocycles. The number of morpholine rings is 1. The van der Waals surface area contributed by atoms with Crippen LogP contribution in [0.2, 0.25) is 5.15 Å². The molecular formula is C34H37ClFN7O4. The maximum Gasteiger partial charge on any atom is 0.309 e. The fraction of sp³-hybridized carbons (Fsp3) is 0.441. The number of rotatable bonds is 7. The third-order valence-corrected chi connectivity index (χ3v) is 10.3. The minimum atomic E-state index is -0.752. The summed E-state index contributed by atoms with van der Waals surface area (Å²) in [4.78, 5) is 40.6. The SMILES string of the molecule is C[C@H]1CO[C@@H](c2nc(-c3ccc(C(=O)Nc4cc(C5CC5)ccn4)cc3F)c3c(N)ncc(Cl)n23)CN1[C@H]1CC[C@](C)(C(=O)O)CC1. The predicted octanol–water partition coefficient (Wildman–Crippen LogP) is 6.09. The number of halogens is 2. The van der Waals surface area contributed by atoms with Gasteiger partial charge in [-0.1, -0.05) is 11.6 Å². The average Bonchev–Trinajstić information content (AvgIpc) is 3.83. The summed E-state index contributed by atoms with van der Waals surface area (Å²) in [6, 6.07) is 8.31. The van der Waals surface area contributed by atoms with Gasteiger partial charge in [0.1, 0.15) is 45.7 Å². The fourth-order valence-electron chi connectivity index (χ4n) is 6.98. The molecule has 4 N–H and O–H groups in total. The summed E-state index contributed by atoms with van der Waals surface area (Å²) >= 11 is 6.67. The van der Waals surface area contributed by atoms with Crippen LogP contribution in [0.25, 0.3) is 16.8 Å². The van der Waals surface area contributed by atoms with Crippen LogP contribution in [0.3, 0.4) is 0 Å². The lowest BCUT2D eigenvalue weighted by Crippen LogP contribution is -2.52. The fourth-order valence-corrected chi connectivity index (χ4v) is 7.20. The molecule has 2 saturated carbocycles. The van der Waals surface area contributed by atoms with Gasteiger partial charge in [-0.05, 0) is 94.2 Å². The summed E-state index contributed by atoms with van der Waals surface area (Å²) in [6.07, 6.45) is 7.54. The molecule has 0 bridgehead atoms. The zero-order valence-electron chi connectivity index (χ0n) is 26.2. The Labute approximate surface area is 276 Å². The summed E-state index contributed by atoms with van der Waals surface area (Å²) in [7, 11) is 0. The molecule has 0 radical (unpaired) electrons. The van der Waals surface area contributed by atoms with Gasteiger partial charge in [0, 0.05) is 36.0 Å². The van der Waals surface area contributed by atoms with Crippen molar-refractivity contribution in [3.05, 3.63) is 70.6 Å². The van der Waals surface area contributed by atoms with Gasteiger partial charge in [-0.15, -0.1) is 0 Å². The lowest BCUT2D eigenvalue weighted by molar-refractivity contribution is -0.151. The van der Waals surface area contributed by atoms with E-state index in [2.05, 4.69) is 27.1 Å². The number of imidazole rings is 1. The molecule has 13 heteroatoms. The Balaban J connectivity index is 1.17. The minimum Gasteiger partial charge on any atom is -0.481 e. The first kappa shape index (κ1) is 31.5. The number of carboxylic acids is 1. The highest BCUT2D eigenvalue weighted by Gasteiger charge is 2.42. The van der Waals surface area contributed by atoms with Crippen LogP contribution < -0.4 is 11.1 Å². The second kappa shape index (κ2) is 12.1. The number of benzene rings is 1. The van der Waals surface area contributed by atoms with Gasteiger partial charge in [0.05, 0.1) is 18.2 Å². The zero-order chi connectivity index (χ0) is 33.0. The molecule has 3 fully saturated rings. The summed E-state index contributed by atoms with van der Waals surface area (Å²) in [5.41, 5.74) is 7.61. The number of ether oxygens (including phenoxy) is 1. The van der Waals surface area contributed by atoms with Crippen molar-refractivity contribution in [1.82, 2.24) is 24.3 Å². The summed E-state index contributed by atoms with van der Waals surface area (Å²) in [6.45, 7) is 4.83. The zero-order valence-corrected chi connectivity index (χ0v) is 27.0. The van der Waals surface area contributed by atoms with Crippen molar-refractivity contribution in [2.45, 2.75) is 76.5 Å². The Morgan fingerprint density at radius 1 is 1.15 bits per heavy atom. The number of pyridine rings is 1. The van der Waals surface area contributed by atoms with Crippen molar-refractivity contribution in [2.24, 2.45) is 5.41 Å². The molecule has 4 aromatic rings. The molecule has 1 amide bonds. The van der Waals surface area contributed by atoms with Crippen LogP contribution in [0.4, 0.5) is 16.0 Å². The summed E-state index contributed by atoms with van der Waals surface area (Å²) < 4.78 is 23.8. The van der Waals surface area contributed by atoms with Gasteiger partial charge in [-0.3, -0.25) is 18.9 Å². The second-order valence-electron chi connectivity index (χ2n) is 13.3. The van der Waals surface area contributed by atoms with Crippen LogP contribution in [-0.4, -0.2) is 66.5 Å². The average molecular weight is 662 g/mol. The van der Waals surface area contributed by atoms with Gasteiger partial charge < -0.3 is 20.9 Å². The third-order valence-electron chi connectivity index (χ3n) is 10.0. The van der Waals surface area contributed by atoms with Gasteiger partial charge in [0.25, 0.3) is 5.91 Å². The Morgan fingerprint density at radius 2 is 1.91 bits per heavy atom. The van der Waals surface area contributed by atoms with E-state index in [1.165, 1.54) is 24.4 Å². The molecule has 11 nitrogen and oxygen atoms in total. The molecule has 246 valence electrons. The van der Waals surface area contributed by atoms with Crippen LogP contribution in [0.1, 0.15) is 86.1 Å². The van der Waals surface area contributed by atoms with Crippen molar-refractivity contribution in [3.8, 4) is 11.3 Å². The van der Waals surface area contributed by atoms with Crippen molar-refractivity contribution in [2.75, 3.05) is 24.2 Å². The Morgan fingerprint density at radius 3 is 2.62 bits per heavy atom. The topological polar surface area (TPSA) is 148 Å². The Bertz CT molecular complexity index is 1870. The number of carboxylic acid groups (broad SMARTS) is 1. The number of carbonyl (C=O) groups is 2. The van der Waals surface area contributed by atoms with E-state index in [1.54, 1.807) is 10.6 Å². The number of nitrogen functional groups attached to an aromatic ring is 1. The van der Waals surface area contributed by atoms with Crippen molar-refractivity contribution >= 4 is 40.6 Å². The maximum absolute atomic E-state index is 15.9. The first-order valence-corrected chi connectivity index (χ1v) is 16.4. The van der Waals surface area contributed by atoms with E-state index in [1.807, 2.05) is 19.1 Å².